The van der Waals surface area contributed by atoms with Gasteiger partial charge in [0.25, 0.3) is 0 Å². The molecule has 0 atom stereocenters. The van der Waals surface area contributed by atoms with Gasteiger partial charge in [0.15, 0.2) is 6.17 Å². The Morgan fingerprint density at radius 1 is 0.380 bits per heavy atom. The summed E-state index contributed by atoms with van der Waals surface area (Å²) in [6.45, 7) is 0. The van der Waals surface area contributed by atoms with Gasteiger partial charge in [0.05, 0.1) is 22.1 Å². The van der Waals surface area contributed by atoms with Gasteiger partial charge in [-0.1, -0.05) is 127 Å². The van der Waals surface area contributed by atoms with Crippen molar-refractivity contribution in [1.82, 2.24) is 14.5 Å². The molecule has 3 heterocycles. The average Bonchev–Trinajstić information content (AvgIpc) is 3.70. The standard InChI is InChI=1S/C45H31N5/c1-4-15-30(16-5-1)43-46-44(31-17-6-2-7-18-31)48-45(47-43)32-19-14-22-34(27-32)50-40-26-13-11-24-36(40)38-28-41-37(29-42(38)50)35-23-10-12-25-39(35)49(41)33-20-8-3-9-21-33/h1-29,45H,(H,46,47,48). The molecule has 10 rings (SSSR count). The summed E-state index contributed by atoms with van der Waals surface area (Å²) in [5.41, 5.74) is 10.0. The van der Waals surface area contributed by atoms with E-state index in [1.54, 1.807) is 0 Å². The third-order valence-electron chi connectivity index (χ3n) is 9.74. The Kier molecular flexibility index (Phi) is 6.49. The topological polar surface area (TPSA) is 46.6 Å². The van der Waals surface area contributed by atoms with Crippen LogP contribution in [0.15, 0.2) is 186 Å². The molecule has 7 aromatic carbocycles. The van der Waals surface area contributed by atoms with Crippen molar-refractivity contribution in [2.45, 2.75) is 6.17 Å². The first kappa shape index (κ1) is 28.3. The smallest absolute Gasteiger partial charge is 0.169 e. The van der Waals surface area contributed by atoms with Gasteiger partial charge < -0.3 is 14.5 Å². The fourth-order valence-corrected chi connectivity index (χ4v) is 7.47. The number of nitrogens with zero attached hydrogens (tertiary/aromatic N) is 4. The highest BCUT2D eigenvalue weighted by Crippen LogP contribution is 2.40. The number of benzene rings is 7. The molecule has 5 heteroatoms. The first-order chi connectivity index (χ1) is 24.8. The van der Waals surface area contributed by atoms with Crippen molar-refractivity contribution in [3.8, 4) is 11.4 Å². The van der Waals surface area contributed by atoms with Crippen LogP contribution in [0.2, 0.25) is 0 Å². The van der Waals surface area contributed by atoms with Gasteiger partial charge in [0, 0.05) is 49.6 Å². The van der Waals surface area contributed by atoms with Crippen LogP contribution in [0, 0.1) is 0 Å². The van der Waals surface area contributed by atoms with Gasteiger partial charge in [0.2, 0.25) is 0 Å². The monoisotopic (exact) mass is 641 g/mol. The summed E-state index contributed by atoms with van der Waals surface area (Å²) in [5, 5.41) is 8.41. The molecule has 0 saturated carbocycles. The highest BCUT2D eigenvalue weighted by molar-refractivity contribution is 6.19. The number of nitrogens with one attached hydrogen (secondary N) is 1. The summed E-state index contributed by atoms with van der Waals surface area (Å²) in [6.07, 6.45) is -0.412. The molecular formula is C45H31N5. The zero-order valence-electron chi connectivity index (χ0n) is 27.1. The third kappa shape index (κ3) is 4.55. The zero-order valence-corrected chi connectivity index (χ0v) is 27.1. The number of para-hydroxylation sites is 3. The van der Waals surface area contributed by atoms with Gasteiger partial charge in [-0.2, -0.15) is 0 Å². The molecule has 5 nitrogen and oxygen atoms in total. The van der Waals surface area contributed by atoms with Gasteiger partial charge in [0.1, 0.15) is 11.7 Å². The van der Waals surface area contributed by atoms with Crippen LogP contribution in [0.4, 0.5) is 0 Å². The van der Waals surface area contributed by atoms with E-state index in [2.05, 4.69) is 154 Å². The van der Waals surface area contributed by atoms with Gasteiger partial charge in [-0.15, -0.1) is 0 Å². The van der Waals surface area contributed by atoms with E-state index in [9.17, 15) is 0 Å². The van der Waals surface area contributed by atoms with Gasteiger partial charge in [-0.25, -0.2) is 9.98 Å². The predicted molar refractivity (Wildman–Crippen MR) is 207 cm³/mol. The molecule has 0 unspecified atom stereocenters. The van der Waals surface area contributed by atoms with Crippen LogP contribution in [0.5, 0.6) is 0 Å². The van der Waals surface area contributed by atoms with Crippen LogP contribution in [0.25, 0.3) is 55.0 Å². The predicted octanol–water partition coefficient (Wildman–Crippen LogP) is 10.4. The Bertz CT molecular complexity index is 2720. The van der Waals surface area contributed by atoms with E-state index in [0.29, 0.717) is 0 Å². The lowest BCUT2D eigenvalue weighted by atomic mass is 10.1. The van der Waals surface area contributed by atoms with E-state index in [1.807, 2.05) is 36.4 Å². The maximum absolute atomic E-state index is 5.16. The lowest BCUT2D eigenvalue weighted by molar-refractivity contribution is 0.755. The van der Waals surface area contributed by atoms with Crippen molar-refractivity contribution in [2.24, 2.45) is 9.98 Å². The van der Waals surface area contributed by atoms with Crippen LogP contribution in [-0.4, -0.2) is 20.8 Å². The van der Waals surface area contributed by atoms with E-state index in [-0.39, 0.29) is 0 Å². The minimum absolute atomic E-state index is 0.412. The van der Waals surface area contributed by atoms with E-state index in [0.717, 1.165) is 45.3 Å². The lowest BCUT2D eigenvalue weighted by Gasteiger charge is -2.22. The molecule has 1 N–H and O–H groups in total. The quantitative estimate of drug-likeness (QED) is 0.200. The molecule has 0 spiro atoms. The molecule has 9 aromatic rings. The lowest BCUT2D eigenvalue weighted by Crippen LogP contribution is -2.36. The van der Waals surface area contributed by atoms with Crippen molar-refractivity contribution in [2.75, 3.05) is 0 Å². The van der Waals surface area contributed by atoms with Crippen LogP contribution in [0.1, 0.15) is 22.9 Å². The summed E-state index contributed by atoms with van der Waals surface area (Å²) >= 11 is 0. The fraction of sp³-hybridized carbons (Fsp3) is 0.0222. The summed E-state index contributed by atoms with van der Waals surface area (Å²) in [5.74, 6) is 1.62. The molecule has 0 fully saturated rings. The normalized spacial score (nSPS) is 13.5. The Labute approximate surface area is 289 Å². The average molecular weight is 642 g/mol. The third-order valence-corrected chi connectivity index (χ3v) is 9.74. The Balaban J connectivity index is 1.19. The van der Waals surface area contributed by atoms with Gasteiger partial charge in [-0.3, -0.25) is 0 Å². The molecular weight excluding hydrogens is 611 g/mol. The second kappa shape index (κ2) is 11.5. The summed E-state index contributed by atoms with van der Waals surface area (Å²) in [6, 6.07) is 62.1. The molecule has 1 aliphatic rings. The molecule has 0 bridgehead atoms. The number of aliphatic imine (C=N–C) groups is 2. The molecule has 236 valence electrons. The number of fused-ring (bicyclic) bond motifs is 6. The molecule has 50 heavy (non-hydrogen) atoms. The summed E-state index contributed by atoms with van der Waals surface area (Å²) in [4.78, 5) is 10.3. The van der Waals surface area contributed by atoms with Crippen molar-refractivity contribution < 1.29 is 0 Å². The van der Waals surface area contributed by atoms with Gasteiger partial charge >= 0.3 is 0 Å². The zero-order chi connectivity index (χ0) is 33.0. The highest BCUT2D eigenvalue weighted by atomic mass is 15.2. The molecule has 0 aliphatic carbocycles. The number of aromatic nitrogens is 2. The van der Waals surface area contributed by atoms with Crippen molar-refractivity contribution in [3.63, 3.8) is 0 Å². The Morgan fingerprint density at radius 3 is 1.40 bits per heavy atom. The maximum atomic E-state index is 5.16. The fourth-order valence-electron chi connectivity index (χ4n) is 7.47. The van der Waals surface area contributed by atoms with Crippen molar-refractivity contribution in [3.05, 3.63) is 193 Å². The maximum Gasteiger partial charge on any atom is 0.169 e. The minimum Gasteiger partial charge on any atom is -0.324 e. The molecule has 0 amide bonds. The first-order valence-corrected chi connectivity index (χ1v) is 17.0. The summed E-state index contributed by atoms with van der Waals surface area (Å²) in [7, 11) is 0. The Morgan fingerprint density at radius 2 is 0.840 bits per heavy atom. The van der Waals surface area contributed by atoms with E-state index in [4.69, 9.17) is 9.98 Å². The molecule has 0 radical (unpaired) electrons. The number of amidine groups is 2. The SMILES string of the molecule is c1ccc(C2=NC(c3cccc(-n4c5ccccc5c5cc6c(cc54)c4ccccc4n6-c4ccccc4)c3)N=C(c3ccccc3)N2)cc1. The number of hydrogen-bond acceptors (Lipinski definition) is 3. The number of rotatable bonds is 5. The van der Waals surface area contributed by atoms with Crippen LogP contribution < -0.4 is 5.32 Å². The van der Waals surface area contributed by atoms with Crippen LogP contribution in [-0.2, 0) is 0 Å². The molecule has 0 saturated heterocycles. The molecule has 2 aromatic heterocycles. The van der Waals surface area contributed by atoms with Crippen molar-refractivity contribution >= 4 is 55.3 Å². The van der Waals surface area contributed by atoms with Crippen LogP contribution in [0.3, 0.4) is 0 Å². The minimum atomic E-state index is -0.412. The van der Waals surface area contributed by atoms with E-state index < -0.39 is 6.17 Å². The van der Waals surface area contributed by atoms with Gasteiger partial charge in [-0.05, 0) is 48.5 Å². The van der Waals surface area contributed by atoms with E-state index >= 15 is 0 Å². The van der Waals surface area contributed by atoms with E-state index in [1.165, 1.54) is 38.1 Å². The summed E-state index contributed by atoms with van der Waals surface area (Å²) < 4.78 is 4.78. The van der Waals surface area contributed by atoms with Crippen LogP contribution >= 0.6 is 0 Å². The largest absolute Gasteiger partial charge is 0.324 e. The number of hydrogen-bond donors (Lipinski definition) is 1. The second-order valence-corrected chi connectivity index (χ2v) is 12.7. The van der Waals surface area contributed by atoms with Crippen molar-refractivity contribution in [1.29, 1.82) is 0 Å². The molecule has 1 aliphatic heterocycles. The second-order valence-electron chi connectivity index (χ2n) is 12.7. The first-order valence-electron chi connectivity index (χ1n) is 17.0. The Hall–Kier alpha value is -6.72. The highest BCUT2D eigenvalue weighted by Gasteiger charge is 2.22.